The van der Waals surface area contributed by atoms with E-state index in [1.54, 1.807) is 0 Å². The first-order valence-corrected chi connectivity index (χ1v) is 9.97. The molecule has 0 spiro atoms. The number of ketones is 1. The van der Waals surface area contributed by atoms with Gasteiger partial charge in [-0.2, -0.15) is 0 Å². The van der Waals surface area contributed by atoms with Crippen molar-refractivity contribution in [2.24, 2.45) is 29.1 Å². The fourth-order valence-electron chi connectivity index (χ4n) is 6.96. The highest BCUT2D eigenvalue weighted by Gasteiger charge is 2.63. The van der Waals surface area contributed by atoms with Gasteiger partial charge in [0.15, 0.2) is 5.78 Å². The monoisotopic (exact) mass is 358 g/mol. The molecule has 26 heavy (non-hydrogen) atoms. The fraction of sp³-hybridized carbons (Fsp3) is 0.727. The number of fused-ring (bicyclic) bond motifs is 5. The van der Waals surface area contributed by atoms with Gasteiger partial charge >= 0.3 is 0 Å². The van der Waals surface area contributed by atoms with Crippen LogP contribution in [-0.2, 0) is 9.59 Å². The number of terminal acetylenes is 1. The van der Waals surface area contributed by atoms with Gasteiger partial charge in [0, 0.05) is 11.8 Å². The molecule has 0 saturated heterocycles. The zero-order valence-electron chi connectivity index (χ0n) is 15.6. The highest BCUT2D eigenvalue weighted by molar-refractivity contribution is 5.91. The standard InChI is InChI=1S/C21H28O2.CH2O2/c1-3-20-11-9-17-16-8-6-15(22)13-14(16)5-7-18(17)19(20)10-12-21(20,23)4-2;2-1-3/h2,13,16-19,23H,3,5-12H2,1H3;1H,(H,2,3)/t16-,17+,18+,19-,20-,21-;/m0./s1. The molecule has 3 fully saturated rings. The third-order valence-electron chi connectivity index (χ3n) is 8.02. The molecule has 0 aliphatic heterocycles. The summed E-state index contributed by atoms with van der Waals surface area (Å²) >= 11 is 0. The lowest BCUT2D eigenvalue weighted by atomic mass is 9.49. The SMILES string of the molecule is C#C[C@]1(O)CC[C@H]2[C@@H]3CCC4=CC(=O)CC[C@@H]4[C@H]3CC[C@@]21CC.O=CO. The maximum Gasteiger partial charge on any atom is 0.290 e. The first-order chi connectivity index (χ1) is 12.5. The van der Waals surface area contributed by atoms with Crippen LogP contribution in [0.1, 0.15) is 64.7 Å². The molecule has 0 amide bonds. The van der Waals surface area contributed by atoms with E-state index in [4.69, 9.17) is 16.3 Å². The zero-order chi connectivity index (χ0) is 18.9. The van der Waals surface area contributed by atoms with Crippen LogP contribution in [0.25, 0.3) is 0 Å². The second-order valence-electron chi connectivity index (χ2n) is 8.50. The van der Waals surface area contributed by atoms with Crippen LogP contribution in [0, 0.1) is 41.4 Å². The number of carboxylic acid groups (broad SMARTS) is 1. The van der Waals surface area contributed by atoms with Crippen LogP contribution in [0.2, 0.25) is 0 Å². The molecule has 4 nitrogen and oxygen atoms in total. The molecule has 2 N–H and O–H groups in total. The summed E-state index contributed by atoms with van der Waals surface area (Å²) in [5, 5.41) is 18.0. The Morgan fingerprint density at radius 1 is 1.23 bits per heavy atom. The van der Waals surface area contributed by atoms with Crippen molar-refractivity contribution in [3.63, 3.8) is 0 Å². The molecule has 0 aromatic carbocycles. The number of allylic oxidation sites excluding steroid dienone is 1. The molecule has 142 valence electrons. The Morgan fingerprint density at radius 2 is 1.96 bits per heavy atom. The van der Waals surface area contributed by atoms with Gasteiger partial charge in [0.25, 0.3) is 6.47 Å². The van der Waals surface area contributed by atoms with Crippen molar-refractivity contribution in [3.8, 4) is 12.3 Å². The third-order valence-corrected chi connectivity index (χ3v) is 8.02. The van der Waals surface area contributed by atoms with Gasteiger partial charge in [-0.3, -0.25) is 9.59 Å². The zero-order valence-corrected chi connectivity index (χ0v) is 15.6. The molecule has 4 aliphatic rings. The Kier molecular flexibility index (Phi) is 5.30. The van der Waals surface area contributed by atoms with E-state index >= 15 is 0 Å². The molecule has 0 aromatic rings. The van der Waals surface area contributed by atoms with Crippen LogP contribution in [-0.4, -0.2) is 28.1 Å². The summed E-state index contributed by atoms with van der Waals surface area (Å²) in [4.78, 5) is 20.1. The molecule has 4 rings (SSSR count). The van der Waals surface area contributed by atoms with Crippen LogP contribution in [0.5, 0.6) is 0 Å². The average Bonchev–Trinajstić information content (AvgIpc) is 2.96. The lowest BCUT2D eigenvalue weighted by Gasteiger charge is -2.55. The van der Waals surface area contributed by atoms with Crippen molar-refractivity contribution in [1.82, 2.24) is 0 Å². The van der Waals surface area contributed by atoms with E-state index in [9.17, 15) is 9.90 Å². The van der Waals surface area contributed by atoms with E-state index in [2.05, 4.69) is 12.8 Å². The lowest BCUT2D eigenvalue weighted by molar-refractivity contribution is -0.123. The Morgan fingerprint density at radius 3 is 2.62 bits per heavy atom. The summed E-state index contributed by atoms with van der Waals surface area (Å²) in [5.74, 6) is 5.73. The van der Waals surface area contributed by atoms with E-state index < -0.39 is 5.60 Å². The maximum atomic E-state index is 11.8. The molecular formula is C22H30O4. The van der Waals surface area contributed by atoms with Gasteiger partial charge in [-0.1, -0.05) is 18.4 Å². The summed E-state index contributed by atoms with van der Waals surface area (Å²) in [6, 6.07) is 0. The van der Waals surface area contributed by atoms with Gasteiger partial charge in [0.05, 0.1) is 0 Å². The quantitative estimate of drug-likeness (QED) is 0.555. The molecule has 0 bridgehead atoms. The van der Waals surface area contributed by atoms with Crippen LogP contribution in [0.15, 0.2) is 11.6 Å². The lowest BCUT2D eigenvalue weighted by Crippen LogP contribution is -2.53. The summed E-state index contributed by atoms with van der Waals surface area (Å²) < 4.78 is 0. The highest BCUT2D eigenvalue weighted by Crippen LogP contribution is 2.66. The van der Waals surface area contributed by atoms with Crippen molar-refractivity contribution in [2.75, 3.05) is 0 Å². The van der Waals surface area contributed by atoms with E-state index in [-0.39, 0.29) is 11.9 Å². The van der Waals surface area contributed by atoms with Crippen LogP contribution >= 0.6 is 0 Å². The molecule has 6 atom stereocenters. The molecule has 0 radical (unpaired) electrons. The molecule has 0 heterocycles. The summed E-state index contributed by atoms with van der Waals surface area (Å²) in [7, 11) is 0. The van der Waals surface area contributed by atoms with Crippen molar-refractivity contribution < 1.29 is 19.8 Å². The minimum atomic E-state index is -0.893. The number of hydrogen-bond donors (Lipinski definition) is 2. The third kappa shape index (κ3) is 2.72. The van der Waals surface area contributed by atoms with Gasteiger partial charge in [-0.05, 0) is 81.1 Å². The predicted molar refractivity (Wildman–Crippen MR) is 99.2 cm³/mol. The van der Waals surface area contributed by atoms with E-state index in [1.165, 1.54) is 18.4 Å². The van der Waals surface area contributed by atoms with Gasteiger partial charge in [-0.15, -0.1) is 6.42 Å². The Hall–Kier alpha value is -1.60. The average molecular weight is 358 g/mol. The van der Waals surface area contributed by atoms with Gasteiger partial charge in [-0.25, -0.2) is 0 Å². The Balaban J connectivity index is 0.000000613. The number of carbonyl (C=O) groups excluding carboxylic acids is 1. The number of aliphatic hydroxyl groups is 1. The topological polar surface area (TPSA) is 74.6 Å². The molecule has 4 heteroatoms. The number of hydrogen-bond acceptors (Lipinski definition) is 3. The molecule has 4 aliphatic carbocycles. The number of rotatable bonds is 1. The smallest absolute Gasteiger partial charge is 0.290 e. The number of carbonyl (C=O) groups is 2. The molecule has 3 saturated carbocycles. The van der Waals surface area contributed by atoms with Crippen LogP contribution in [0.4, 0.5) is 0 Å². The summed E-state index contributed by atoms with van der Waals surface area (Å²) in [5.41, 5.74) is 0.474. The minimum Gasteiger partial charge on any atom is -0.483 e. The Bertz CT molecular complexity index is 645. The maximum absolute atomic E-state index is 11.8. The van der Waals surface area contributed by atoms with Crippen molar-refractivity contribution in [1.29, 1.82) is 0 Å². The first-order valence-electron chi connectivity index (χ1n) is 9.97. The summed E-state index contributed by atoms with van der Waals surface area (Å²) in [6.07, 6.45) is 16.9. The molecule has 0 aromatic heterocycles. The van der Waals surface area contributed by atoms with Crippen molar-refractivity contribution in [2.45, 2.75) is 70.3 Å². The molecular weight excluding hydrogens is 328 g/mol. The van der Waals surface area contributed by atoms with E-state index in [0.717, 1.165) is 44.9 Å². The summed E-state index contributed by atoms with van der Waals surface area (Å²) in [6.45, 7) is 1.97. The van der Waals surface area contributed by atoms with Crippen molar-refractivity contribution in [3.05, 3.63) is 11.6 Å². The van der Waals surface area contributed by atoms with E-state index in [1.807, 2.05) is 6.08 Å². The first kappa shape index (κ1) is 19.2. The van der Waals surface area contributed by atoms with Crippen LogP contribution < -0.4 is 0 Å². The molecule has 0 unspecified atom stereocenters. The largest absolute Gasteiger partial charge is 0.483 e. The van der Waals surface area contributed by atoms with Crippen molar-refractivity contribution >= 4 is 12.3 Å². The van der Waals surface area contributed by atoms with Gasteiger partial charge in [0.1, 0.15) is 5.60 Å². The minimum absolute atomic E-state index is 0.0609. The second kappa shape index (κ2) is 7.19. The van der Waals surface area contributed by atoms with Gasteiger partial charge < -0.3 is 10.2 Å². The normalized spacial score (nSPS) is 43.6. The van der Waals surface area contributed by atoms with Gasteiger partial charge in [0.2, 0.25) is 0 Å². The van der Waals surface area contributed by atoms with Crippen LogP contribution in [0.3, 0.4) is 0 Å². The predicted octanol–water partition coefficient (Wildman–Crippen LogP) is 3.58. The highest BCUT2D eigenvalue weighted by atomic mass is 16.3. The second-order valence-corrected chi connectivity index (χ2v) is 8.50. The Labute approximate surface area is 156 Å². The fourth-order valence-corrected chi connectivity index (χ4v) is 6.96. The van der Waals surface area contributed by atoms with E-state index in [0.29, 0.717) is 29.5 Å².